The van der Waals surface area contributed by atoms with E-state index in [9.17, 15) is 5.11 Å². The van der Waals surface area contributed by atoms with E-state index in [4.69, 9.17) is 0 Å². The predicted octanol–water partition coefficient (Wildman–Crippen LogP) is 1.99. The van der Waals surface area contributed by atoms with Gasteiger partial charge in [-0.3, -0.25) is 0 Å². The van der Waals surface area contributed by atoms with Crippen LogP contribution < -0.4 is 0 Å². The number of thioether (sulfide) groups is 2. The summed E-state index contributed by atoms with van der Waals surface area (Å²) in [7, 11) is 0. The van der Waals surface area contributed by atoms with Gasteiger partial charge in [0.1, 0.15) is 0 Å². The topological polar surface area (TPSA) is 20.2 Å². The summed E-state index contributed by atoms with van der Waals surface area (Å²) in [6, 6.07) is 0. The molecule has 1 fully saturated rings. The fourth-order valence-electron chi connectivity index (χ4n) is 1.30. The largest absolute Gasteiger partial charge is 0.392 e. The highest BCUT2D eigenvalue weighted by molar-refractivity contribution is 8.07. The molecule has 0 aliphatic carbocycles. The molecule has 3 atom stereocenters. The van der Waals surface area contributed by atoms with Crippen molar-refractivity contribution in [2.75, 3.05) is 11.5 Å². The van der Waals surface area contributed by atoms with E-state index >= 15 is 0 Å². The standard InChI is InChI=1S/C8H16OS2/c1-3-7(9)8-6(2)10-4-5-11-8/h6-9H,3-5H2,1-2H3. The summed E-state index contributed by atoms with van der Waals surface area (Å²) in [5, 5.41) is 10.7. The minimum Gasteiger partial charge on any atom is -0.392 e. The van der Waals surface area contributed by atoms with Crippen molar-refractivity contribution in [3.8, 4) is 0 Å². The molecule has 1 saturated heterocycles. The molecule has 0 spiro atoms. The van der Waals surface area contributed by atoms with Gasteiger partial charge in [0.15, 0.2) is 0 Å². The average Bonchev–Trinajstić information content (AvgIpc) is 2.04. The van der Waals surface area contributed by atoms with Crippen LogP contribution in [0.15, 0.2) is 0 Å². The highest BCUT2D eigenvalue weighted by Crippen LogP contribution is 2.33. The van der Waals surface area contributed by atoms with Crippen LogP contribution in [0, 0.1) is 0 Å². The Morgan fingerprint density at radius 1 is 1.45 bits per heavy atom. The smallest absolute Gasteiger partial charge is 0.0666 e. The van der Waals surface area contributed by atoms with Crippen LogP contribution in [0.2, 0.25) is 0 Å². The molecule has 1 rings (SSSR count). The Labute approximate surface area is 77.3 Å². The maximum Gasteiger partial charge on any atom is 0.0666 e. The molecule has 1 heterocycles. The molecular weight excluding hydrogens is 176 g/mol. The van der Waals surface area contributed by atoms with Gasteiger partial charge in [0.05, 0.1) is 6.10 Å². The van der Waals surface area contributed by atoms with Crippen LogP contribution in [0.5, 0.6) is 0 Å². The van der Waals surface area contributed by atoms with Gasteiger partial charge < -0.3 is 5.11 Å². The zero-order valence-electron chi connectivity index (χ0n) is 7.12. The summed E-state index contributed by atoms with van der Waals surface area (Å²) in [5.41, 5.74) is 0. The lowest BCUT2D eigenvalue weighted by molar-refractivity contribution is 0.167. The molecule has 0 bridgehead atoms. The van der Waals surface area contributed by atoms with Crippen molar-refractivity contribution in [2.24, 2.45) is 0 Å². The van der Waals surface area contributed by atoms with Crippen molar-refractivity contribution in [2.45, 2.75) is 36.9 Å². The molecule has 0 saturated carbocycles. The van der Waals surface area contributed by atoms with E-state index in [1.807, 2.05) is 23.5 Å². The summed E-state index contributed by atoms with van der Waals surface area (Å²) in [5.74, 6) is 2.45. The molecule has 11 heavy (non-hydrogen) atoms. The first kappa shape index (κ1) is 9.75. The van der Waals surface area contributed by atoms with Gasteiger partial charge >= 0.3 is 0 Å². The van der Waals surface area contributed by atoms with Gasteiger partial charge in [-0.2, -0.15) is 23.5 Å². The predicted molar refractivity (Wildman–Crippen MR) is 54.5 cm³/mol. The van der Waals surface area contributed by atoms with Crippen molar-refractivity contribution >= 4 is 23.5 Å². The third kappa shape index (κ3) is 2.56. The van der Waals surface area contributed by atoms with Gasteiger partial charge in [-0.15, -0.1) is 0 Å². The maximum absolute atomic E-state index is 9.62. The molecule has 0 amide bonds. The Balaban J connectivity index is 2.40. The summed E-state index contributed by atoms with van der Waals surface area (Å²) < 4.78 is 0. The number of rotatable bonds is 2. The highest BCUT2D eigenvalue weighted by Gasteiger charge is 2.27. The zero-order valence-corrected chi connectivity index (χ0v) is 8.75. The van der Waals surface area contributed by atoms with Crippen molar-refractivity contribution < 1.29 is 5.11 Å². The number of aliphatic hydroxyl groups is 1. The van der Waals surface area contributed by atoms with Crippen LogP contribution in [-0.4, -0.2) is 33.2 Å². The molecule has 1 aliphatic rings. The molecular formula is C8H16OS2. The lowest BCUT2D eigenvalue weighted by atomic mass is 10.1. The molecule has 0 radical (unpaired) electrons. The van der Waals surface area contributed by atoms with Crippen molar-refractivity contribution in [3.05, 3.63) is 0 Å². The van der Waals surface area contributed by atoms with Crippen molar-refractivity contribution in [1.82, 2.24) is 0 Å². The van der Waals surface area contributed by atoms with Crippen LogP contribution in [0.1, 0.15) is 20.3 Å². The van der Waals surface area contributed by atoms with E-state index in [0.717, 1.165) is 6.42 Å². The SMILES string of the molecule is CCC(O)C1SCCSC1C. The van der Waals surface area contributed by atoms with E-state index < -0.39 is 0 Å². The van der Waals surface area contributed by atoms with E-state index in [0.29, 0.717) is 10.5 Å². The third-order valence-corrected chi connectivity index (χ3v) is 5.27. The van der Waals surface area contributed by atoms with Crippen LogP contribution in [-0.2, 0) is 0 Å². The molecule has 66 valence electrons. The Hall–Kier alpha value is 0.660. The molecule has 0 aromatic rings. The van der Waals surface area contributed by atoms with Crippen molar-refractivity contribution in [3.63, 3.8) is 0 Å². The molecule has 3 heteroatoms. The van der Waals surface area contributed by atoms with Crippen LogP contribution in [0.4, 0.5) is 0 Å². The quantitative estimate of drug-likeness (QED) is 0.722. The fraction of sp³-hybridized carbons (Fsp3) is 1.00. The Kier molecular flexibility index (Phi) is 4.10. The Morgan fingerprint density at radius 2 is 2.09 bits per heavy atom. The average molecular weight is 192 g/mol. The molecule has 0 aromatic carbocycles. The minimum absolute atomic E-state index is 0.0946. The molecule has 1 N–H and O–H groups in total. The molecule has 0 aromatic heterocycles. The second-order valence-electron chi connectivity index (χ2n) is 2.89. The van der Waals surface area contributed by atoms with Crippen LogP contribution in [0.3, 0.4) is 0 Å². The minimum atomic E-state index is -0.0946. The van der Waals surface area contributed by atoms with Gasteiger partial charge in [0, 0.05) is 22.0 Å². The number of aliphatic hydroxyl groups excluding tert-OH is 1. The normalized spacial score (nSPS) is 35.2. The van der Waals surface area contributed by atoms with E-state index in [1.54, 1.807) is 0 Å². The fourth-order valence-corrected chi connectivity index (χ4v) is 4.25. The van der Waals surface area contributed by atoms with Gasteiger partial charge in [0.25, 0.3) is 0 Å². The Morgan fingerprint density at radius 3 is 2.64 bits per heavy atom. The van der Waals surface area contributed by atoms with Crippen LogP contribution in [0.25, 0.3) is 0 Å². The summed E-state index contributed by atoms with van der Waals surface area (Å²) in [6.07, 6.45) is 0.797. The summed E-state index contributed by atoms with van der Waals surface area (Å²) in [4.78, 5) is 0. The third-order valence-electron chi connectivity index (χ3n) is 2.03. The summed E-state index contributed by atoms with van der Waals surface area (Å²) in [6.45, 7) is 4.28. The first-order valence-electron chi connectivity index (χ1n) is 4.17. The van der Waals surface area contributed by atoms with Gasteiger partial charge in [-0.05, 0) is 6.42 Å². The van der Waals surface area contributed by atoms with Crippen LogP contribution >= 0.6 is 23.5 Å². The van der Waals surface area contributed by atoms with E-state index in [-0.39, 0.29) is 6.10 Å². The van der Waals surface area contributed by atoms with E-state index in [2.05, 4.69) is 13.8 Å². The van der Waals surface area contributed by atoms with Gasteiger partial charge in [0.2, 0.25) is 0 Å². The molecule has 1 aliphatic heterocycles. The van der Waals surface area contributed by atoms with Gasteiger partial charge in [-0.25, -0.2) is 0 Å². The lowest BCUT2D eigenvalue weighted by Crippen LogP contribution is -2.34. The number of hydrogen-bond acceptors (Lipinski definition) is 3. The second kappa shape index (κ2) is 4.63. The first-order chi connectivity index (χ1) is 5.25. The monoisotopic (exact) mass is 192 g/mol. The second-order valence-corrected chi connectivity index (χ2v) is 5.66. The number of hydrogen-bond donors (Lipinski definition) is 1. The zero-order chi connectivity index (χ0) is 8.27. The molecule has 3 unspecified atom stereocenters. The first-order valence-corrected chi connectivity index (χ1v) is 6.26. The maximum atomic E-state index is 9.62. The van der Waals surface area contributed by atoms with E-state index in [1.165, 1.54) is 11.5 Å². The summed E-state index contributed by atoms with van der Waals surface area (Å²) >= 11 is 3.92. The van der Waals surface area contributed by atoms with Gasteiger partial charge in [-0.1, -0.05) is 13.8 Å². The highest BCUT2D eigenvalue weighted by atomic mass is 32.2. The van der Waals surface area contributed by atoms with Crippen molar-refractivity contribution in [1.29, 1.82) is 0 Å². The molecule has 1 nitrogen and oxygen atoms in total. The lowest BCUT2D eigenvalue weighted by Gasteiger charge is -2.31. The Bertz CT molecular complexity index is 115.